The second kappa shape index (κ2) is 13.7. The molecule has 3 saturated heterocycles. The molecular formula is C23H48N8O2. The Hall–Kier alpha value is -1.14. The fourth-order valence-corrected chi connectivity index (χ4v) is 4.18. The summed E-state index contributed by atoms with van der Waals surface area (Å²) in [6.07, 6.45) is 1.36. The number of fused-ring (bicyclic) bond motifs is 15. The molecule has 0 unspecified atom stereocenters. The topological polar surface area (TPSA) is 144 Å². The zero-order valence-electron chi connectivity index (χ0n) is 21.0. The SMILES string of the molecule is CC(C)(C)C(=O)CCCC(=O)N[C@]12CNCCNC[C@](N)(CNCCNC1)CNCCNC2. The quantitative estimate of drug-likeness (QED) is 0.227. The van der Waals surface area contributed by atoms with Crippen LogP contribution in [0.4, 0.5) is 0 Å². The maximum atomic E-state index is 12.9. The Morgan fingerprint density at radius 2 is 1.12 bits per heavy atom. The van der Waals surface area contributed by atoms with E-state index < -0.39 is 5.54 Å². The fourth-order valence-electron chi connectivity index (χ4n) is 4.18. The number of nitrogens with two attached hydrogens (primary N) is 1. The van der Waals surface area contributed by atoms with E-state index in [0.717, 1.165) is 58.9 Å². The van der Waals surface area contributed by atoms with Gasteiger partial charge >= 0.3 is 0 Å². The van der Waals surface area contributed by atoms with Crippen LogP contribution in [0.25, 0.3) is 0 Å². The molecule has 0 spiro atoms. The zero-order valence-corrected chi connectivity index (χ0v) is 21.0. The predicted molar refractivity (Wildman–Crippen MR) is 133 cm³/mol. The lowest BCUT2D eigenvalue weighted by molar-refractivity contribution is -0.126. The molecule has 33 heavy (non-hydrogen) atoms. The van der Waals surface area contributed by atoms with Gasteiger partial charge in [0.2, 0.25) is 5.91 Å². The molecule has 0 aromatic carbocycles. The van der Waals surface area contributed by atoms with Crippen molar-refractivity contribution in [2.45, 2.75) is 51.1 Å². The average Bonchev–Trinajstić information content (AvgIpc) is 2.74. The van der Waals surface area contributed by atoms with Gasteiger partial charge in [0, 0.05) is 96.8 Å². The van der Waals surface area contributed by atoms with Gasteiger partial charge in [-0.2, -0.15) is 0 Å². The number of Topliss-reactive ketones (excluding diaryl/α,β-unsaturated/α-hetero) is 1. The summed E-state index contributed by atoms with van der Waals surface area (Å²) in [4.78, 5) is 25.1. The standard InChI is InChI=1S/C23H48N8O2/c1-21(2,3)19(32)5-4-6-20(33)31-23-16-28-10-7-25-13-22(24,14-26-8-11-29-17-23)15-27-9-12-30-18-23/h25-30H,4-18,24H2,1-3H3,(H,31,33)/t22-,23+. The average molecular weight is 469 g/mol. The van der Waals surface area contributed by atoms with E-state index in [1.165, 1.54) is 0 Å². The first kappa shape index (κ1) is 28.1. The van der Waals surface area contributed by atoms with Crippen LogP contribution in [0.5, 0.6) is 0 Å². The molecule has 3 aliphatic rings. The highest BCUT2D eigenvalue weighted by atomic mass is 16.2. The molecule has 10 nitrogen and oxygen atoms in total. The van der Waals surface area contributed by atoms with Crippen LogP contribution >= 0.6 is 0 Å². The second-order valence-electron chi connectivity index (χ2n) is 10.8. The summed E-state index contributed by atoms with van der Waals surface area (Å²) < 4.78 is 0. The first-order valence-electron chi connectivity index (χ1n) is 12.5. The molecule has 1 amide bonds. The number of hydrogen-bond acceptors (Lipinski definition) is 9. The van der Waals surface area contributed by atoms with Crippen LogP contribution in [0.15, 0.2) is 0 Å². The van der Waals surface area contributed by atoms with Crippen molar-refractivity contribution < 1.29 is 9.59 Å². The monoisotopic (exact) mass is 468 g/mol. The van der Waals surface area contributed by atoms with Crippen molar-refractivity contribution in [1.82, 2.24) is 37.2 Å². The van der Waals surface area contributed by atoms with Crippen molar-refractivity contribution in [3.8, 4) is 0 Å². The molecule has 3 fully saturated rings. The molecule has 9 N–H and O–H groups in total. The van der Waals surface area contributed by atoms with Crippen LogP contribution in [0.3, 0.4) is 0 Å². The molecule has 0 saturated carbocycles. The summed E-state index contributed by atoms with van der Waals surface area (Å²) >= 11 is 0. The van der Waals surface area contributed by atoms with Gasteiger partial charge < -0.3 is 43.0 Å². The van der Waals surface area contributed by atoms with Gasteiger partial charge in [-0.25, -0.2) is 0 Å². The van der Waals surface area contributed by atoms with Gasteiger partial charge in [0.15, 0.2) is 0 Å². The number of amides is 1. The van der Waals surface area contributed by atoms with Crippen molar-refractivity contribution >= 4 is 11.7 Å². The third-order valence-corrected chi connectivity index (χ3v) is 6.31. The van der Waals surface area contributed by atoms with E-state index in [0.29, 0.717) is 38.9 Å². The van der Waals surface area contributed by atoms with Gasteiger partial charge in [-0.1, -0.05) is 20.8 Å². The van der Waals surface area contributed by atoms with Crippen molar-refractivity contribution in [3.63, 3.8) is 0 Å². The van der Waals surface area contributed by atoms with Crippen molar-refractivity contribution in [2.75, 3.05) is 78.5 Å². The number of carbonyl (C=O) groups excluding carboxylic acids is 2. The minimum absolute atomic E-state index is 0.00775. The van der Waals surface area contributed by atoms with Gasteiger partial charge in [-0.15, -0.1) is 0 Å². The maximum Gasteiger partial charge on any atom is 0.220 e. The van der Waals surface area contributed by atoms with E-state index in [-0.39, 0.29) is 22.6 Å². The van der Waals surface area contributed by atoms with E-state index in [9.17, 15) is 9.59 Å². The number of nitrogens with one attached hydrogen (secondary N) is 7. The van der Waals surface area contributed by atoms with Crippen LogP contribution in [0.2, 0.25) is 0 Å². The van der Waals surface area contributed by atoms with Crippen molar-refractivity contribution in [3.05, 3.63) is 0 Å². The molecule has 0 atom stereocenters. The first-order valence-corrected chi connectivity index (χ1v) is 12.5. The Morgan fingerprint density at radius 1 is 0.727 bits per heavy atom. The lowest BCUT2D eigenvalue weighted by Gasteiger charge is -2.37. The Kier molecular flexibility index (Phi) is 11.6. The molecule has 0 aliphatic carbocycles. The fraction of sp³-hybridized carbons (Fsp3) is 0.913. The molecule has 0 radical (unpaired) electrons. The maximum absolute atomic E-state index is 12.9. The minimum atomic E-state index is -0.461. The Balaban J connectivity index is 2.03. The third kappa shape index (κ3) is 10.8. The lowest BCUT2D eigenvalue weighted by atomic mass is 9.88. The van der Waals surface area contributed by atoms with Crippen molar-refractivity contribution in [2.24, 2.45) is 11.1 Å². The Labute approximate surface area is 199 Å². The Bertz CT molecular complexity index is 564. The number of hydrogen-bond donors (Lipinski definition) is 8. The van der Waals surface area contributed by atoms with Crippen LogP contribution in [0.1, 0.15) is 40.0 Å². The molecular weight excluding hydrogens is 420 g/mol. The van der Waals surface area contributed by atoms with Gasteiger partial charge in [0.05, 0.1) is 11.1 Å². The van der Waals surface area contributed by atoms with Crippen LogP contribution in [0, 0.1) is 5.41 Å². The lowest BCUT2D eigenvalue weighted by Crippen LogP contribution is -2.67. The van der Waals surface area contributed by atoms with E-state index in [1.807, 2.05) is 20.8 Å². The van der Waals surface area contributed by atoms with Gasteiger partial charge in [0.1, 0.15) is 5.78 Å². The Morgan fingerprint density at radius 3 is 1.52 bits per heavy atom. The second-order valence-corrected chi connectivity index (χ2v) is 10.8. The number of rotatable bonds is 5. The van der Waals surface area contributed by atoms with Crippen LogP contribution in [-0.2, 0) is 9.59 Å². The zero-order chi connectivity index (χ0) is 24.2. The van der Waals surface area contributed by atoms with E-state index in [4.69, 9.17) is 5.73 Å². The summed E-state index contributed by atoms with van der Waals surface area (Å²) in [6, 6.07) is 0. The molecule has 192 valence electrons. The highest BCUT2D eigenvalue weighted by Crippen LogP contribution is 2.18. The number of ketones is 1. The van der Waals surface area contributed by atoms with Gasteiger partial charge in [-0.05, 0) is 6.42 Å². The van der Waals surface area contributed by atoms with Gasteiger partial charge in [-0.3, -0.25) is 9.59 Å². The third-order valence-electron chi connectivity index (χ3n) is 6.31. The molecule has 3 heterocycles. The van der Waals surface area contributed by atoms with E-state index in [2.05, 4.69) is 37.2 Å². The molecule has 0 aromatic heterocycles. The molecule has 10 heteroatoms. The predicted octanol–water partition coefficient (Wildman–Crippen LogP) is -2.11. The molecule has 0 aromatic rings. The van der Waals surface area contributed by atoms with Crippen molar-refractivity contribution in [1.29, 1.82) is 0 Å². The molecule has 3 rings (SSSR count). The van der Waals surface area contributed by atoms with Crippen LogP contribution in [-0.4, -0.2) is 101 Å². The summed E-state index contributed by atoms with van der Waals surface area (Å²) in [5.74, 6) is 0.190. The summed E-state index contributed by atoms with van der Waals surface area (Å²) in [6.45, 7) is 14.7. The largest absolute Gasteiger partial charge is 0.347 e. The highest BCUT2D eigenvalue weighted by molar-refractivity contribution is 5.84. The highest BCUT2D eigenvalue weighted by Gasteiger charge is 2.32. The smallest absolute Gasteiger partial charge is 0.220 e. The molecule has 3 aliphatic heterocycles. The summed E-state index contributed by atoms with van der Waals surface area (Å²) in [7, 11) is 0. The normalized spacial score (nSPS) is 29.1. The molecule has 2 bridgehead atoms. The first-order chi connectivity index (χ1) is 15.6. The van der Waals surface area contributed by atoms with E-state index >= 15 is 0 Å². The van der Waals surface area contributed by atoms with E-state index in [1.54, 1.807) is 0 Å². The summed E-state index contributed by atoms with van der Waals surface area (Å²) in [5.41, 5.74) is 5.48. The van der Waals surface area contributed by atoms with Crippen LogP contribution < -0.4 is 43.0 Å². The minimum Gasteiger partial charge on any atom is -0.347 e. The number of carbonyl (C=O) groups is 2. The van der Waals surface area contributed by atoms with Gasteiger partial charge in [0.25, 0.3) is 0 Å². The summed E-state index contributed by atoms with van der Waals surface area (Å²) in [5, 5.41) is 24.3.